The van der Waals surface area contributed by atoms with Crippen molar-refractivity contribution in [3.05, 3.63) is 210 Å². The summed E-state index contributed by atoms with van der Waals surface area (Å²) in [5.74, 6) is 20.6. The van der Waals surface area contributed by atoms with Crippen LogP contribution in [0.5, 0.6) is 0 Å². The van der Waals surface area contributed by atoms with Crippen molar-refractivity contribution in [3.8, 4) is 47.9 Å². The summed E-state index contributed by atoms with van der Waals surface area (Å²) < 4.78 is 29.9. The van der Waals surface area contributed by atoms with Crippen LogP contribution in [-0.2, 0) is 38.5 Å². The minimum Gasteiger partial charge on any atom is -0.206 e. The molecule has 0 bridgehead atoms. The van der Waals surface area contributed by atoms with Gasteiger partial charge in [0.05, 0.1) is 11.1 Å². The fraction of sp³-hybridized carbons (Fsp3) is 0.333. The monoisotopic (exact) mass is 980 g/mol. The quantitative estimate of drug-likeness (QED) is 0.0670. The van der Waals surface area contributed by atoms with Gasteiger partial charge in [-0.1, -0.05) is 199 Å². The van der Waals surface area contributed by atoms with Gasteiger partial charge in [0.15, 0.2) is 0 Å². The molecular formula is C66H71BrF2. The molecule has 0 saturated heterocycles. The van der Waals surface area contributed by atoms with Crippen molar-refractivity contribution < 1.29 is 8.78 Å². The molecule has 0 radical (unpaired) electrons. The first-order chi connectivity index (χ1) is 33.6. The van der Waals surface area contributed by atoms with E-state index in [1.807, 2.05) is 74.5 Å². The van der Waals surface area contributed by atoms with Crippen molar-refractivity contribution in [2.24, 2.45) is 0 Å². The first-order valence-electron chi connectivity index (χ1n) is 25.3. The molecule has 0 fully saturated rings. The molecule has 0 saturated carbocycles. The largest absolute Gasteiger partial charge is 0.206 e. The maximum atomic E-state index is 15.0. The van der Waals surface area contributed by atoms with Crippen LogP contribution in [0, 0.1) is 59.5 Å². The number of aryl methyl sites for hydroxylation is 6. The molecule has 356 valence electrons. The Morgan fingerprint density at radius 2 is 0.739 bits per heavy atom. The van der Waals surface area contributed by atoms with Crippen LogP contribution < -0.4 is 0 Å². The van der Waals surface area contributed by atoms with E-state index in [0.717, 1.165) is 76.4 Å². The Morgan fingerprint density at radius 3 is 1.13 bits per heavy atom. The van der Waals surface area contributed by atoms with Gasteiger partial charge in [-0.25, -0.2) is 8.78 Å². The second-order valence-electron chi connectivity index (χ2n) is 17.4. The Kier molecular flexibility index (Phi) is 25.6. The number of terminal acetylenes is 1. The lowest BCUT2D eigenvalue weighted by Gasteiger charge is -2.05. The second-order valence-corrected chi connectivity index (χ2v) is 18.3. The highest BCUT2D eigenvalue weighted by Gasteiger charge is 2.09. The number of hydrogen-bond acceptors (Lipinski definition) is 0. The molecule has 0 spiro atoms. The minimum atomic E-state index is -0.304. The molecule has 0 amide bonds. The predicted octanol–water partition coefficient (Wildman–Crippen LogP) is 17.6. The minimum absolute atomic E-state index is 0.263. The summed E-state index contributed by atoms with van der Waals surface area (Å²) in [6, 6.07) is 40.0. The standard InChI is InChI=1S/C33H35F.C22H24BrF.C11H12/c1-4-7-8-9-11-27-14-18-29(19-15-27)22-23-32-31(6-3)24-30(25-33(32)34)21-20-28-16-12-26(10-5-2)13-17-28;1-3-5-6-7-8-17-9-11-18(12-10-17)13-14-21-19(4-2)15-20(23)16-22(21)24;1-3-5-11-8-6-10(4-2)7-9-11/h12-19,24-25H,4-11H2,1-3H3;9-12,15-16H,3-8H2,1-2H3;2,6-9H,3,5H2,1H3. The lowest BCUT2D eigenvalue weighted by atomic mass is 10.0. The molecular weight excluding hydrogens is 911 g/mol. The highest BCUT2D eigenvalue weighted by atomic mass is 79.9. The predicted molar refractivity (Wildman–Crippen MR) is 295 cm³/mol. The first-order valence-corrected chi connectivity index (χ1v) is 26.1. The molecule has 69 heavy (non-hydrogen) atoms. The fourth-order valence-corrected chi connectivity index (χ4v) is 8.21. The van der Waals surface area contributed by atoms with Gasteiger partial charge >= 0.3 is 0 Å². The molecule has 6 aromatic rings. The van der Waals surface area contributed by atoms with Crippen LogP contribution >= 0.6 is 15.9 Å². The van der Waals surface area contributed by atoms with Crippen LogP contribution in [0.1, 0.15) is 178 Å². The average Bonchev–Trinajstić information content (AvgIpc) is 3.37. The van der Waals surface area contributed by atoms with E-state index < -0.39 is 0 Å². The van der Waals surface area contributed by atoms with E-state index in [0.29, 0.717) is 23.1 Å². The molecule has 3 heteroatoms. The summed E-state index contributed by atoms with van der Waals surface area (Å²) in [5, 5.41) is 0. The molecule has 0 aliphatic carbocycles. The number of rotatable bonds is 16. The summed E-state index contributed by atoms with van der Waals surface area (Å²) in [5.41, 5.74) is 12.6. The zero-order chi connectivity index (χ0) is 49.6. The topological polar surface area (TPSA) is 0 Å². The lowest BCUT2D eigenvalue weighted by Crippen LogP contribution is -1.95. The lowest BCUT2D eigenvalue weighted by molar-refractivity contribution is 0.621. The van der Waals surface area contributed by atoms with Gasteiger partial charge < -0.3 is 0 Å². The van der Waals surface area contributed by atoms with Crippen molar-refractivity contribution in [3.63, 3.8) is 0 Å². The van der Waals surface area contributed by atoms with Gasteiger partial charge in [0.1, 0.15) is 11.6 Å². The molecule has 6 aromatic carbocycles. The highest BCUT2D eigenvalue weighted by Crippen LogP contribution is 2.21. The van der Waals surface area contributed by atoms with E-state index in [4.69, 9.17) is 6.42 Å². The summed E-state index contributed by atoms with van der Waals surface area (Å²) >= 11 is 3.33. The molecule has 0 heterocycles. The molecule has 0 unspecified atom stereocenters. The maximum Gasteiger partial charge on any atom is 0.140 e. The summed E-state index contributed by atoms with van der Waals surface area (Å²) in [4.78, 5) is 0. The molecule has 0 aromatic heterocycles. The van der Waals surface area contributed by atoms with Gasteiger partial charge in [-0.15, -0.1) is 6.42 Å². The van der Waals surface area contributed by atoms with Crippen LogP contribution in [0.25, 0.3) is 0 Å². The van der Waals surface area contributed by atoms with E-state index in [9.17, 15) is 8.78 Å². The third-order valence-electron chi connectivity index (χ3n) is 11.8. The van der Waals surface area contributed by atoms with E-state index in [1.165, 1.54) is 92.2 Å². The van der Waals surface area contributed by atoms with E-state index in [1.54, 1.807) is 0 Å². The van der Waals surface area contributed by atoms with E-state index in [-0.39, 0.29) is 11.6 Å². The zero-order valence-electron chi connectivity index (χ0n) is 42.1. The number of halogens is 3. The van der Waals surface area contributed by atoms with Crippen LogP contribution in [0.2, 0.25) is 0 Å². The number of hydrogen-bond donors (Lipinski definition) is 0. The number of benzene rings is 6. The third-order valence-corrected chi connectivity index (χ3v) is 12.2. The van der Waals surface area contributed by atoms with Crippen LogP contribution in [0.3, 0.4) is 0 Å². The van der Waals surface area contributed by atoms with Crippen molar-refractivity contribution in [2.45, 2.75) is 144 Å². The molecule has 6 rings (SSSR count). The first kappa shape index (κ1) is 55.5. The molecule has 0 aliphatic rings. The van der Waals surface area contributed by atoms with Crippen LogP contribution in [-0.4, -0.2) is 0 Å². The Bertz CT molecular complexity index is 2700. The van der Waals surface area contributed by atoms with Gasteiger partial charge in [-0.05, 0) is 158 Å². The van der Waals surface area contributed by atoms with Gasteiger partial charge in [0.25, 0.3) is 0 Å². The molecule has 0 aliphatic heterocycles. The van der Waals surface area contributed by atoms with Crippen molar-refractivity contribution in [1.82, 2.24) is 0 Å². The Labute approximate surface area is 424 Å². The average molecular weight is 982 g/mol. The number of unbranched alkanes of at least 4 members (excludes halogenated alkanes) is 6. The molecule has 0 nitrogen and oxygen atoms in total. The highest BCUT2D eigenvalue weighted by molar-refractivity contribution is 9.10. The zero-order valence-corrected chi connectivity index (χ0v) is 43.7. The van der Waals surface area contributed by atoms with Crippen molar-refractivity contribution in [2.75, 3.05) is 0 Å². The smallest absolute Gasteiger partial charge is 0.140 e. The van der Waals surface area contributed by atoms with Crippen molar-refractivity contribution >= 4 is 15.9 Å². The fourth-order valence-electron chi connectivity index (χ4n) is 7.74. The summed E-state index contributed by atoms with van der Waals surface area (Å²) in [6.45, 7) is 12.8. The second kappa shape index (κ2) is 31.9. The Morgan fingerprint density at radius 1 is 0.377 bits per heavy atom. The van der Waals surface area contributed by atoms with E-state index >= 15 is 0 Å². The van der Waals surface area contributed by atoms with Gasteiger partial charge in [-0.2, -0.15) is 0 Å². The van der Waals surface area contributed by atoms with Gasteiger partial charge in [-0.3, -0.25) is 0 Å². The van der Waals surface area contributed by atoms with E-state index in [2.05, 4.69) is 134 Å². The van der Waals surface area contributed by atoms with Gasteiger partial charge in [0.2, 0.25) is 0 Å². The third kappa shape index (κ3) is 20.2. The molecule has 0 atom stereocenters. The molecule has 0 N–H and O–H groups in total. The maximum absolute atomic E-state index is 15.0. The van der Waals surface area contributed by atoms with Crippen LogP contribution in [0.15, 0.2) is 126 Å². The summed E-state index contributed by atoms with van der Waals surface area (Å²) in [7, 11) is 0. The van der Waals surface area contributed by atoms with Gasteiger partial charge in [0, 0.05) is 32.3 Å². The summed E-state index contributed by atoms with van der Waals surface area (Å²) in [6.07, 6.45) is 23.6. The van der Waals surface area contributed by atoms with Crippen molar-refractivity contribution in [1.29, 1.82) is 0 Å². The normalized spacial score (nSPS) is 10.1. The SMILES string of the molecule is C#Cc1ccc(CCC)cc1.CCCCCCc1ccc(C#Cc2c(F)cc(Br)cc2CC)cc1.CCCCCCc1ccc(C#Cc2c(F)cc(C#Cc3ccc(CCC)cc3)cc2CC)cc1. The Hall–Kier alpha value is -6.10. The van der Waals surface area contributed by atoms with Crippen LogP contribution in [0.4, 0.5) is 8.78 Å². The Balaban J connectivity index is 0.000000255.